The van der Waals surface area contributed by atoms with Crippen LogP contribution in [-0.4, -0.2) is 15.2 Å². The van der Waals surface area contributed by atoms with Crippen LogP contribution in [0.25, 0.3) is 16.8 Å². The van der Waals surface area contributed by atoms with Crippen LogP contribution in [0.1, 0.15) is 12.6 Å². The monoisotopic (exact) mass is 281 g/mol. The van der Waals surface area contributed by atoms with Gasteiger partial charge in [-0.1, -0.05) is 61.2 Å². The normalized spacial score (nSPS) is 11.8. The van der Waals surface area contributed by atoms with Gasteiger partial charge >= 0.3 is 0 Å². The lowest BCUT2D eigenvalue weighted by Crippen LogP contribution is -1.99. The average Bonchev–Trinajstić information content (AvgIpc) is 2.48. The van der Waals surface area contributed by atoms with Crippen LogP contribution in [0.2, 0.25) is 0 Å². The van der Waals surface area contributed by atoms with Gasteiger partial charge < -0.3 is 0 Å². The molecule has 1 aromatic heterocycles. The maximum absolute atomic E-state index is 5.08. The molecule has 1 heterocycles. The smallest absolute Gasteiger partial charge is 0.214 e. The topological polar surface area (TPSA) is 41.6 Å². The Morgan fingerprint density at radius 2 is 2.00 bits per heavy atom. The van der Waals surface area contributed by atoms with E-state index >= 15 is 0 Å². The van der Waals surface area contributed by atoms with Crippen LogP contribution in [-0.2, 0) is 0 Å². The van der Waals surface area contributed by atoms with E-state index in [1.807, 2.05) is 55.5 Å². The summed E-state index contributed by atoms with van der Waals surface area (Å²) in [5.41, 5.74) is 3.57. The number of nitrogens with zero attached hydrogens (tertiary/aromatic N) is 2. The van der Waals surface area contributed by atoms with Crippen molar-refractivity contribution in [1.29, 1.82) is 0 Å². The summed E-state index contributed by atoms with van der Waals surface area (Å²) in [4.78, 5) is 4.40. The van der Waals surface area contributed by atoms with E-state index in [9.17, 15) is 0 Å². The molecule has 0 aliphatic rings. The Kier molecular flexibility index (Phi) is 4.74. The molecule has 0 unspecified atom stereocenters. The Balaban J connectivity index is 2.54. The van der Waals surface area contributed by atoms with Gasteiger partial charge in [0.05, 0.1) is 0 Å². The Hall–Kier alpha value is -2.33. The fraction of sp³-hybridized carbons (Fsp3) is 0.0625. The van der Waals surface area contributed by atoms with E-state index in [0.29, 0.717) is 4.77 Å². The molecule has 2 aromatic rings. The molecule has 0 bridgehead atoms. The maximum atomic E-state index is 5.08. The number of benzene rings is 1. The van der Waals surface area contributed by atoms with E-state index in [1.54, 1.807) is 6.08 Å². The molecule has 2 rings (SSSR count). The Morgan fingerprint density at radius 3 is 2.70 bits per heavy atom. The molecule has 3 nitrogen and oxygen atoms in total. The quantitative estimate of drug-likeness (QED) is 0.669. The highest BCUT2D eigenvalue weighted by atomic mass is 32.1. The number of nitrogens with one attached hydrogen (secondary N) is 1. The zero-order valence-electron chi connectivity index (χ0n) is 11.2. The summed E-state index contributed by atoms with van der Waals surface area (Å²) in [5.74, 6) is 0. The number of H-pyrrole nitrogens is 1. The molecular formula is C16H15N3S. The molecular weight excluding hydrogens is 266 g/mol. The third-order valence-corrected chi connectivity index (χ3v) is 2.90. The van der Waals surface area contributed by atoms with E-state index < -0.39 is 0 Å². The first kappa shape index (κ1) is 14.1. The van der Waals surface area contributed by atoms with Gasteiger partial charge in [0, 0.05) is 5.56 Å². The fourth-order valence-electron chi connectivity index (χ4n) is 1.77. The zero-order valence-corrected chi connectivity index (χ0v) is 12.0. The largest absolute Gasteiger partial charge is 0.251 e. The minimum Gasteiger partial charge on any atom is -0.251 e. The SMILES string of the molecule is C=C/C=C\C=C(/C)c1n[nH]c(=S)nc1-c1ccccc1. The molecule has 1 aromatic carbocycles. The third kappa shape index (κ3) is 3.36. The first-order valence-corrected chi connectivity index (χ1v) is 6.61. The van der Waals surface area contributed by atoms with E-state index in [-0.39, 0.29) is 0 Å². The molecule has 0 amide bonds. The number of allylic oxidation sites excluding steroid dienone is 5. The predicted molar refractivity (Wildman–Crippen MR) is 85.6 cm³/mol. The van der Waals surface area contributed by atoms with Crippen molar-refractivity contribution >= 4 is 17.8 Å². The number of hydrogen-bond acceptors (Lipinski definition) is 3. The van der Waals surface area contributed by atoms with Crippen LogP contribution in [0.4, 0.5) is 0 Å². The van der Waals surface area contributed by atoms with Crippen molar-refractivity contribution in [3.8, 4) is 11.3 Å². The van der Waals surface area contributed by atoms with Gasteiger partial charge in [0.25, 0.3) is 0 Å². The molecule has 0 atom stereocenters. The van der Waals surface area contributed by atoms with E-state index in [1.165, 1.54) is 0 Å². The molecule has 0 saturated carbocycles. The molecule has 100 valence electrons. The van der Waals surface area contributed by atoms with Crippen LogP contribution >= 0.6 is 12.2 Å². The maximum Gasteiger partial charge on any atom is 0.214 e. The second kappa shape index (κ2) is 6.73. The highest BCUT2D eigenvalue weighted by Crippen LogP contribution is 2.24. The van der Waals surface area contributed by atoms with Gasteiger partial charge in [0.2, 0.25) is 4.77 Å². The van der Waals surface area contributed by atoms with Gasteiger partial charge in [-0.3, -0.25) is 5.10 Å². The Bertz CT molecular complexity index is 712. The fourth-order valence-corrected chi connectivity index (χ4v) is 1.90. The summed E-state index contributed by atoms with van der Waals surface area (Å²) in [6.07, 6.45) is 7.48. The molecule has 0 spiro atoms. The number of hydrogen-bond donors (Lipinski definition) is 1. The van der Waals surface area contributed by atoms with Crippen molar-refractivity contribution in [2.24, 2.45) is 0 Å². The summed E-state index contributed by atoms with van der Waals surface area (Å²) >= 11 is 5.08. The number of aromatic amines is 1. The predicted octanol–water partition coefficient (Wildman–Crippen LogP) is 4.35. The van der Waals surface area contributed by atoms with Crippen molar-refractivity contribution in [1.82, 2.24) is 15.2 Å². The lowest BCUT2D eigenvalue weighted by Gasteiger charge is -2.07. The third-order valence-electron chi connectivity index (χ3n) is 2.72. The van der Waals surface area contributed by atoms with Gasteiger partial charge in [0.15, 0.2) is 0 Å². The summed E-state index contributed by atoms with van der Waals surface area (Å²) in [6.45, 7) is 5.63. The van der Waals surface area contributed by atoms with Gasteiger partial charge in [-0.2, -0.15) is 5.10 Å². The first-order valence-electron chi connectivity index (χ1n) is 6.21. The lowest BCUT2D eigenvalue weighted by molar-refractivity contribution is 0.936. The molecule has 20 heavy (non-hydrogen) atoms. The van der Waals surface area contributed by atoms with E-state index in [0.717, 1.165) is 22.5 Å². The number of rotatable bonds is 4. The number of aromatic nitrogens is 3. The van der Waals surface area contributed by atoms with E-state index in [2.05, 4.69) is 21.8 Å². The summed E-state index contributed by atoms with van der Waals surface area (Å²) in [5, 5.41) is 7.06. The van der Waals surface area contributed by atoms with Gasteiger partial charge in [0.1, 0.15) is 11.4 Å². The minimum atomic E-state index is 0.377. The van der Waals surface area contributed by atoms with Crippen LogP contribution in [0, 0.1) is 4.77 Å². The van der Waals surface area contributed by atoms with Crippen molar-refractivity contribution in [3.05, 3.63) is 71.7 Å². The van der Waals surface area contributed by atoms with Crippen LogP contribution < -0.4 is 0 Å². The second-order valence-electron chi connectivity index (χ2n) is 4.17. The first-order chi connectivity index (χ1) is 9.72. The standard InChI is InChI=1S/C16H15N3S/c1-3-4-6-9-12(2)14-15(17-16(20)19-18-14)13-10-7-5-8-11-13/h3-11H,1H2,2H3,(H,17,19,20)/b6-4-,12-9+. The molecule has 0 radical (unpaired) electrons. The molecule has 1 N–H and O–H groups in total. The average molecular weight is 281 g/mol. The summed E-state index contributed by atoms with van der Waals surface area (Å²) in [6, 6.07) is 9.90. The van der Waals surface area contributed by atoms with Gasteiger partial charge in [-0.15, -0.1) is 0 Å². The molecule has 0 aliphatic carbocycles. The minimum absolute atomic E-state index is 0.377. The van der Waals surface area contributed by atoms with Crippen LogP contribution in [0.5, 0.6) is 0 Å². The highest BCUT2D eigenvalue weighted by Gasteiger charge is 2.09. The Labute approximate surface area is 123 Å². The van der Waals surface area contributed by atoms with Gasteiger partial charge in [-0.05, 0) is 24.7 Å². The summed E-state index contributed by atoms with van der Waals surface area (Å²) < 4.78 is 0.377. The van der Waals surface area contributed by atoms with Crippen LogP contribution in [0.15, 0.2) is 61.2 Å². The molecule has 4 heteroatoms. The van der Waals surface area contributed by atoms with Crippen molar-refractivity contribution in [2.75, 3.05) is 0 Å². The highest BCUT2D eigenvalue weighted by molar-refractivity contribution is 7.71. The van der Waals surface area contributed by atoms with Crippen molar-refractivity contribution in [2.45, 2.75) is 6.92 Å². The lowest BCUT2D eigenvalue weighted by atomic mass is 10.1. The van der Waals surface area contributed by atoms with Crippen LogP contribution in [0.3, 0.4) is 0 Å². The Morgan fingerprint density at radius 1 is 1.25 bits per heavy atom. The zero-order chi connectivity index (χ0) is 14.4. The van der Waals surface area contributed by atoms with Crippen molar-refractivity contribution < 1.29 is 0 Å². The second-order valence-corrected chi connectivity index (χ2v) is 4.56. The molecule has 0 saturated heterocycles. The van der Waals surface area contributed by atoms with Crippen molar-refractivity contribution in [3.63, 3.8) is 0 Å². The molecule has 0 aliphatic heterocycles. The van der Waals surface area contributed by atoms with E-state index in [4.69, 9.17) is 12.2 Å². The molecule has 0 fully saturated rings. The van der Waals surface area contributed by atoms with Gasteiger partial charge in [-0.25, -0.2) is 4.98 Å². The summed E-state index contributed by atoms with van der Waals surface area (Å²) in [7, 11) is 0.